The van der Waals surface area contributed by atoms with Crippen LogP contribution in [-0.4, -0.2) is 11.2 Å². The van der Waals surface area contributed by atoms with E-state index in [-0.39, 0.29) is 11.2 Å². The van der Waals surface area contributed by atoms with Gasteiger partial charge in [0, 0.05) is 0 Å². The molecule has 0 atom stereocenters. The predicted octanol–water partition coefficient (Wildman–Crippen LogP) is 7.34. The highest BCUT2D eigenvalue weighted by atomic mass is 17.2. The van der Waals surface area contributed by atoms with Gasteiger partial charge in [0.05, 0.1) is 0 Å². The first-order valence-corrected chi connectivity index (χ1v) is 11.6. The first-order chi connectivity index (χ1) is 12.8. The van der Waals surface area contributed by atoms with Crippen molar-refractivity contribution in [2.45, 2.75) is 127 Å². The standard InChI is InChI=1S/C24H38O2/c1-5-13-21(14-6-1)23(17-9-3-10-18-23)25-26-24(19-11-4-12-20-24)22-15-7-2-8-16-22/h13,15H,1-12,14,16-20H2. The highest BCUT2D eigenvalue weighted by Gasteiger charge is 2.44. The Bertz CT molecular complexity index is 470. The minimum Gasteiger partial charge on any atom is -0.225 e. The summed E-state index contributed by atoms with van der Waals surface area (Å²) in [5.74, 6) is 0. The van der Waals surface area contributed by atoms with Crippen LogP contribution in [0.15, 0.2) is 23.3 Å². The van der Waals surface area contributed by atoms with Gasteiger partial charge in [-0.3, -0.25) is 0 Å². The van der Waals surface area contributed by atoms with Crippen LogP contribution in [0.5, 0.6) is 0 Å². The number of hydrogen-bond donors (Lipinski definition) is 0. The van der Waals surface area contributed by atoms with Gasteiger partial charge in [-0.1, -0.05) is 50.7 Å². The molecule has 0 saturated heterocycles. The quantitative estimate of drug-likeness (QED) is 0.291. The molecule has 0 N–H and O–H groups in total. The highest BCUT2D eigenvalue weighted by Crippen LogP contribution is 2.46. The lowest BCUT2D eigenvalue weighted by Crippen LogP contribution is -2.44. The maximum absolute atomic E-state index is 6.60. The average Bonchev–Trinajstić information content (AvgIpc) is 2.75. The van der Waals surface area contributed by atoms with Crippen molar-refractivity contribution in [2.24, 2.45) is 0 Å². The smallest absolute Gasteiger partial charge is 0.124 e. The van der Waals surface area contributed by atoms with Crippen LogP contribution in [0.2, 0.25) is 0 Å². The first-order valence-electron chi connectivity index (χ1n) is 11.6. The fourth-order valence-electron chi connectivity index (χ4n) is 5.83. The summed E-state index contributed by atoms with van der Waals surface area (Å²) in [5, 5.41) is 0. The Morgan fingerprint density at radius 1 is 0.500 bits per heavy atom. The van der Waals surface area contributed by atoms with Crippen molar-refractivity contribution < 1.29 is 9.78 Å². The molecule has 0 spiro atoms. The molecule has 0 aromatic heterocycles. The molecule has 0 radical (unpaired) electrons. The van der Waals surface area contributed by atoms with Gasteiger partial charge in [0.25, 0.3) is 0 Å². The molecule has 4 aliphatic carbocycles. The Hall–Kier alpha value is -0.600. The minimum atomic E-state index is -0.113. The van der Waals surface area contributed by atoms with Crippen LogP contribution in [-0.2, 0) is 9.78 Å². The lowest BCUT2D eigenvalue weighted by atomic mass is 9.75. The van der Waals surface area contributed by atoms with Gasteiger partial charge in [-0.2, -0.15) is 0 Å². The fraction of sp³-hybridized carbons (Fsp3) is 0.833. The van der Waals surface area contributed by atoms with Crippen molar-refractivity contribution in [3.05, 3.63) is 23.3 Å². The third-order valence-corrected chi connectivity index (χ3v) is 7.44. The summed E-state index contributed by atoms with van der Waals surface area (Å²) in [6, 6.07) is 0. The molecule has 0 bridgehead atoms. The van der Waals surface area contributed by atoms with Crippen molar-refractivity contribution in [2.75, 3.05) is 0 Å². The molecule has 0 aromatic carbocycles. The topological polar surface area (TPSA) is 18.5 Å². The minimum absolute atomic E-state index is 0.113. The third-order valence-electron chi connectivity index (χ3n) is 7.44. The summed E-state index contributed by atoms with van der Waals surface area (Å²) in [6.07, 6.45) is 27.7. The van der Waals surface area contributed by atoms with Gasteiger partial charge in [0.15, 0.2) is 0 Å². The van der Waals surface area contributed by atoms with Gasteiger partial charge in [-0.25, -0.2) is 9.78 Å². The van der Waals surface area contributed by atoms with Crippen molar-refractivity contribution >= 4 is 0 Å². The maximum atomic E-state index is 6.60. The van der Waals surface area contributed by atoms with Gasteiger partial charge in [0.1, 0.15) is 11.2 Å². The number of hydrogen-bond acceptors (Lipinski definition) is 2. The maximum Gasteiger partial charge on any atom is 0.124 e. The van der Waals surface area contributed by atoms with E-state index in [2.05, 4.69) is 12.2 Å². The Morgan fingerprint density at radius 2 is 0.923 bits per heavy atom. The summed E-state index contributed by atoms with van der Waals surface area (Å²) >= 11 is 0. The summed E-state index contributed by atoms with van der Waals surface area (Å²) < 4.78 is 0. The first kappa shape index (κ1) is 18.7. The Kier molecular flexibility index (Phi) is 6.21. The van der Waals surface area contributed by atoms with E-state index in [1.54, 1.807) is 11.1 Å². The van der Waals surface area contributed by atoms with Crippen molar-refractivity contribution in [1.82, 2.24) is 0 Å². The molecular formula is C24H38O2. The second kappa shape index (κ2) is 8.61. The van der Waals surface area contributed by atoms with E-state index in [0.29, 0.717) is 0 Å². The van der Waals surface area contributed by atoms with Crippen LogP contribution in [0.25, 0.3) is 0 Å². The normalized spacial score (nSPS) is 28.9. The van der Waals surface area contributed by atoms with E-state index >= 15 is 0 Å². The van der Waals surface area contributed by atoms with Crippen LogP contribution < -0.4 is 0 Å². The van der Waals surface area contributed by atoms with Gasteiger partial charge in [-0.05, 0) is 88.2 Å². The Balaban J connectivity index is 1.54. The van der Waals surface area contributed by atoms with E-state index in [0.717, 1.165) is 25.7 Å². The summed E-state index contributed by atoms with van der Waals surface area (Å²) in [4.78, 5) is 13.2. The van der Waals surface area contributed by atoms with Crippen LogP contribution in [0.4, 0.5) is 0 Å². The highest BCUT2D eigenvalue weighted by molar-refractivity contribution is 5.22. The van der Waals surface area contributed by atoms with Crippen molar-refractivity contribution in [1.29, 1.82) is 0 Å². The Labute approximate surface area is 160 Å². The van der Waals surface area contributed by atoms with Crippen LogP contribution in [0.1, 0.15) is 116 Å². The molecule has 2 heteroatoms. The zero-order valence-electron chi connectivity index (χ0n) is 16.7. The van der Waals surface area contributed by atoms with Gasteiger partial charge >= 0.3 is 0 Å². The lowest BCUT2D eigenvalue weighted by Gasteiger charge is -2.45. The molecule has 2 nitrogen and oxygen atoms in total. The molecule has 4 rings (SSSR count). The van der Waals surface area contributed by atoms with E-state index in [9.17, 15) is 0 Å². The van der Waals surface area contributed by atoms with E-state index in [1.807, 2.05) is 0 Å². The molecule has 0 aromatic rings. The molecule has 0 aliphatic heterocycles. The molecule has 4 aliphatic rings. The zero-order chi connectivity index (χ0) is 17.7. The molecule has 0 heterocycles. The van der Waals surface area contributed by atoms with Crippen LogP contribution in [0.3, 0.4) is 0 Å². The largest absolute Gasteiger partial charge is 0.225 e. The molecule has 0 unspecified atom stereocenters. The molecule has 2 fully saturated rings. The van der Waals surface area contributed by atoms with E-state index in [4.69, 9.17) is 9.78 Å². The van der Waals surface area contributed by atoms with Crippen LogP contribution in [0, 0.1) is 0 Å². The van der Waals surface area contributed by atoms with Gasteiger partial charge in [-0.15, -0.1) is 0 Å². The molecular weight excluding hydrogens is 320 g/mol. The zero-order valence-corrected chi connectivity index (χ0v) is 16.7. The fourth-order valence-corrected chi connectivity index (χ4v) is 5.83. The SMILES string of the molecule is C1=C(C2(OOC3(C4=CCCCC4)CCCCC3)CCCCC2)CCCC1. The van der Waals surface area contributed by atoms with Crippen LogP contribution >= 0.6 is 0 Å². The number of allylic oxidation sites excluding steroid dienone is 2. The summed E-state index contributed by atoms with van der Waals surface area (Å²) in [6.45, 7) is 0. The van der Waals surface area contributed by atoms with Gasteiger partial charge < -0.3 is 0 Å². The van der Waals surface area contributed by atoms with Gasteiger partial charge in [0.2, 0.25) is 0 Å². The lowest BCUT2D eigenvalue weighted by molar-refractivity contribution is -0.407. The molecule has 26 heavy (non-hydrogen) atoms. The molecule has 0 amide bonds. The third kappa shape index (κ3) is 3.97. The van der Waals surface area contributed by atoms with Crippen molar-refractivity contribution in [3.8, 4) is 0 Å². The Morgan fingerprint density at radius 3 is 1.27 bits per heavy atom. The predicted molar refractivity (Wildman–Crippen MR) is 107 cm³/mol. The second-order valence-electron chi connectivity index (χ2n) is 9.23. The monoisotopic (exact) mass is 358 g/mol. The van der Waals surface area contributed by atoms with Crippen molar-refractivity contribution in [3.63, 3.8) is 0 Å². The average molecular weight is 359 g/mol. The van der Waals surface area contributed by atoms with E-state index < -0.39 is 0 Å². The molecule has 146 valence electrons. The van der Waals surface area contributed by atoms with E-state index in [1.165, 1.54) is 89.9 Å². The number of rotatable bonds is 5. The molecule has 2 saturated carbocycles. The second-order valence-corrected chi connectivity index (χ2v) is 9.23. The summed E-state index contributed by atoms with van der Waals surface area (Å²) in [7, 11) is 0. The summed E-state index contributed by atoms with van der Waals surface area (Å²) in [5.41, 5.74) is 2.90.